The van der Waals surface area contributed by atoms with Crippen LogP contribution in [0.4, 0.5) is 5.82 Å². The van der Waals surface area contributed by atoms with Gasteiger partial charge >= 0.3 is 0 Å². The first-order valence-electron chi connectivity index (χ1n) is 10.4. The third kappa shape index (κ3) is 3.49. The molecule has 6 nitrogen and oxygen atoms in total. The summed E-state index contributed by atoms with van der Waals surface area (Å²) in [5.74, 6) is 0.355. The first kappa shape index (κ1) is 18.6. The van der Waals surface area contributed by atoms with Crippen molar-refractivity contribution in [1.29, 1.82) is 0 Å². The zero-order valence-electron chi connectivity index (χ0n) is 17.0. The lowest BCUT2D eigenvalue weighted by atomic mass is 10.00. The van der Waals surface area contributed by atoms with Gasteiger partial charge in [-0.2, -0.15) is 0 Å². The van der Waals surface area contributed by atoms with E-state index in [4.69, 9.17) is 0 Å². The Bertz CT molecular complexity index is 1180. The smallest absolute Gasteiger partial charge is 0.298 e. The van der Waals surface area contributed by atoms with Gasteiger partial charge in [-0.3, -0.25) is 14.2 Å². The third-order valence-corrected chi connectivity index (χ3v) is 5.90. The van der Waals surface area contributed by atoms with E-state index in [1.165, 1.54) is 11.1 Å². The van der Waals surface area contributed by atoms with E-state index in [0.717, 1.165) is 31.4 Å². The molecule has 0 atom stereocenters. The molecule has 2 heterocycles. The molecule has 2 aromatic carbocycles. The number of nitrogens with one attached hydrogen (secondary N) is 1. The van der Waals surface area contributed by atoms with Crippen LogP contribution in [0.1, 0.15) is 39.9 Å². The molecule has 6 heteroatoms. The Morgan fingerprint density at radius 2 is 1.93 bits per heavy atom. The number of anilines is 1. The van der Waals surface area contributed by atoms with Crippen LogP contribution in [0, 0.1) is 6.92 Å². The van der Waals surface area contributed by atoms with Crippen molar-refractivity contribution in [3.05, 3.63) is 87.5 Å². The molecule has 30 heavy (non-hydrogen) atoms. The van der Waals surface area contributed by atoms with Gasteiger partial charge in [-0.25, -0.2) is 4.98 Å². The summed E-state index contributed by atoms with van der Waals surface area (Å²) in [5.41, 5.74) is 4.61. The Balaban J connectivity index is 1.49. The summed E-state index contributed by atoms with van der Waals surface area (Å²) in [5, 5.41) is 3.01. The zero-order chi connectivity index (χ0) is 20.7. The van der Waals surface area contributed by atoms with E-state index < -0.39 is 0 Å². The fraction of sp³-hybridized carbons (Fsp3) is 0.292. The topological polar surface area (TPSA) is 67.2 Å². The van der Waals surface area contributed by atoms with Gasteiger partial charge in [-0.15, -0.1) is 0 Å². The standard InChI is InChI=1S/C24H24N4O2/c1-16-6-7-18(23(29)26-20-8-9-20)14-21(16)28-13-11-25-22(24(28)30)27-12-10-17-4-2-3-5-19(17)15-27/h2-7,11,13-14,20H,8-10,12,15H2,1H3,(H,26,29). The number of carbonyl (C=O) groups excluding carboxylic acids is 1. The first-order valence-corrected chi connectivity index (χ1v) is 10.4. The molecule has 3 aromatic rings. The Morgan fingerprint density at radius 3 is 2.73 bits per heavy atom. The molecule has 0 unspecified atom stereocenters. The van der Waals surface area contributed by atoms with Crippen LogP contribution in [-0.2, 0) is 13.0 Å². The molecule has 1 aliphatic heterocycles. The number of nitrogens with zero attached hydrogens (tertiary/aromatic N) is 3. The average Bonchev–Trinajstić information content (AvgIpc) is 3.58. The normalized spacial score (nSPS) is 15.6. The highest BCUT2D eigenvalue weighted by molar-refractivity contribution is 5.95. The van der Waals surface area contributed by atoms with E-state index in [-0.39, 0.29) is 11.5 Å². The van der Waals surface area contributed by atoms with E-state index in [2.05, 4.69) is 28.5 Å². The molecule has 0 radical (unpaired) electrons. The van der Waals surface area contributed by atoms with Crippen LogP contribution in [0.5, 0.6) is 0 Å². The van der Waals surface area contributed by atoms with Crippen LogP contribution in [0.3, 0.4) is 0 Å². The van der Waals surface area contributed by atoms with Crippen molar-refractivity contribution in [2.24, 2.45) is 0 Å². The van der Waals surface area contributed by atoms with Crippen LogP contribution >= 0.6 is 0 Å². The Hall–Kier alpha value is -3.41. The number of amides is 1. The summed E-state index contributed by atoms with van der Waals surface area (Å²) in [6, 6.07) is 14.1. The number of rotatable bonds is 4. The van der Waals surface area contributed by atoms with Gasteiger partial charge in [0.15, 0.2) is 5.82 Å². The number of aryl methyl sites for hydroxylation is 1. The molecule has 0 bridgehead atoms. The summed E-state index contributed by atoms with van der Waals surface area (Å²) in [6.45, 7) is 3.37. The number of aromatic nitrogens is 2. The van der Waals surface area contributed by atoms with Gasteiger partial charge in [0.1, 0.15) is 0 Å². The van der Waals surface area contributed by atoms with Gasteiger partial charge < -0.3 is 10.2 Å². The Morgan fingerprint density at radius 1 is 1.13 bits per heavy atom. The molecule has 1 amide bonds. The molecule has 0 saturated heterocycles. The van der Waals surface area contributed by atoms with E-state index in [9.17, 15) is 9.59 Å². The van der Waals surface area contributed by atoms with Gasteiger partial charge in [-0.1, -0.05) is 30.3 Å². The second kappa shape index (κ2) is 7.44. The first-order chi connectivity index (χ1) is 14.6. The largest absolute Gasteiger partial charge is 0.349 e. The second-order valence-electron chi connectivity index (χ2n) is 8.12. The average molecular weight is 400 g/mol. The molecule has 152 valence electrons. The van der Waals surface area contributed by atoms with Crippen LogP contribution in [-0.4, -0.2) is 28.0 Å². The lowest BCUT2D eigenvalue weighted by molar-refractivity contribution is 0.0951. The van der Waals surface area contributed by atoms with Crippen LogP contribution in [0.25, 0.3) is 5.69 Å². The molecule has 1 aromatic heterocycles. The van der Waals surface area contributed by atoms with Crippen molar-refractivity contribution < 1.29 is 4.79 Å². The highest BCUT2D eigenvalue weighted by Crippen LogP contribution is 2.23. The number of hydrogen-bond acceptors (Lipinski definition) is 4. The minimum atomic E-state index is -0.167. The number of benzene rings is 2. The number of fused-ring (bicyclic) bond motifs is 1. The molecular formula is C24H24N4O2. The summed E-state index contributed by atoms with van der Waals surface area (Å²) in [4.78, 5) is 32.3. The van der Waals surface area contributed by atoms with E-state index in [1.807, 2.05) is 30.0 Å². The third-order valence-electron chi connectivity index (χ3n) is 5.90. The fourth-order valence-electron chi connectivity index (χ4n) is 3.99. The predicted molar refractivity (Wildman–Crippen MR) is 116 cm³/mol. The number of hydrogen-bond donors (Lipinski definition) is 1. The predicted octanol–water partition coefficient (Wildman–Crippen LogP) is 3.00. The minimum absolute atomic E-state index is 0.0892. The fourth-order valence-corrected chi connectivity index (χ4v) is 3.99. The van der Waals surface area contributed by atoms with Crippen molar-refractivity contribution in [2.45, 2.75) is 38.8 Å². The maximum Gasteiger partial charge on any atom is 0.298 e. The summed E-state index contributed by atoms with van der Waals surface area (Å²) >= 11 is 0. The van der Waals surface area contributed by atoms with E-state index >= 15 is 0 Å². The van der Waals surface area contributed by atoms with Crippen molar-refractivity contribution in [3.8, 4) is 5.69 Å². The Labute approximate surface area is 175 Å². The maximum atomic E-state index is 13.4. The van der Waals surface area contributed by atoms with E-state index in [1.54, 1.807) is 23.0 Å². The lowest BCUT2D eigenvalue weighted by Gasteiger charge is -2.29. The molecule has 1 fully saturated rings. The van der Waals surface area contributed by atoms with Crippen molar-refractivity contribution >= 4 is 11.7 Å². The quantitative estimate of drug-likeness (QED) is 0.731. The molecule has 2 aliphatic rings. The monoisotopic (exact) mass is 400 g/mol. The van der Waals surface area contributed by atoms with Gasteiger partial charge in [0.2, 0.25) is 0 Å². The van der Waals surface area contributed by atoms with Crippen LogP contribution < -0.4 is 15.8 Å². The molecule has 1 saturated carbocycles. The van der Waals surface area contributed by atoms with Gasteiger partial charge in [0, 0.05) is 37.1 Å². The van der Waals surface area contributed by atoms with Crippen LogP contribution in [0.2, 0.25) is 0 Å². The van der Waals surface area contributed by atoms with Gasteiger partial charge in [0.25, 0.3) is 11.5 Å². The lowest BCUT2D eigenvalue weighted by Crippen LogP contribution is -2.36. The summed E-state index contributed by atoms with van der Waals surface area (Å²) < 4.78 is 1.60. The highest BCUT2D eigenvalue weighted by Gasteiger charge is 2.24. The second-order valence-corrected chi connectivity index (χ2v) is 8.12. The molecule has 1 N–H and O–H groups in total. The molecular weight excluding hydrogens is 376 g/mol. The zero-order valence-corrected chi connectivity index (χ0v) is 17.0. The number of carbonyl (C=O) groups is 1. The summed E-state index contributed by atoms with van der Waals surface area (Å²) in [7, 11) is 0. The van der Waals surface area contributed by atoms with Crippen molar-refractivity contribution in [3.63, 3.8) is 0 Å². The van der Waals surface area contributed by atoms with Crippen LogP contribution in [0.15, 0.2) is 59.7 Å². The highest BCUT2D eigenvalue weighted by atomic mass is 16.2. The van der Waals surface area contributed by atoms with Gasteiger partial charge in [-0.05, 0) is 55.0 Å². The maximum absolute atomic E-state index is 13.4. The molecule has 1 aliphatic carbocycles. The summed E-state index contributed by atoms with van der Waals surface area (Å²) in [6.07, 6.45) is 6.30. The van der Waals surface area contributed by atoms with Crippen molar-refractivity contribution in [2.75, 3.05) is 11.4 Å². The molecule has 0 spiro atoms. The van der Waals surface area contributed by atoms with Crippen molar-refractivity contribution in [1.82, 2.24) is 14.9 Å². The van der Waals surface area contributed by atoms with E-state index in [0.29, 0.717) is 29.7 Å². The molecule has 5 rings (SSSR count). The SMILES string of the molecule is Cc1ccc(C(=O)NC2CC2)cc1-n1ccnc(N2CCc3ccccc3C2)c1=O. The minimum Gasteiger partial charge on any atom is -0.349 e. The Kier molecular flexibility index (Phi) is 4.62. The van der Waals surface area contributed by atoms with Gasteiger partial charge in [0.05, 0.1) is 5.69 Å².